The highest BCUT2D eigenvalue weighted by molar-refractivity contribution is 6.07. The van der Waals surface area contributed by atoms with Gasteiger partial charge in [0.1, 0.15) is 17.4 Å². The van der Waals surface area contributed by atoms with E-state index in [1.54, 1.807) is 29.1 Å². The smallest absolute Gasteiger partial charge is 0.324 e. The van der Waals surface area contributed by atoms with Gasteiger partial charge in [0, 0.05) is 53.0 Å². The SMILES string of the molecule is Cc1ccc(-n2nc(C(C)(C)C)cc2NC(=O)Nc2ccc(Oc3ccnc(Nc4ccc5c(c4)CC(=O)C5)n3)c3ccccc23)cc1. The predicted octanol–water partition coefficient (Wildman–Crippen LogP) is 8.27. The summed E-state index contributed by atoms with van der Waals surface area (Å²) >= 11 is 0. The van der Waals surface area contributed by atoms with Crippen LogP contribution in [0.1, 0.15) is 43.2 Å². The molecular weight excluding hydrogens is 602 g/mol. The lowest BCUT2D eigenvalue weighted by molar-refractivity contribution is -0.117. The molecule has 2 amide bonds. The maximum absolute atomic E-state index is 13.4. The van der Waals surface area contributed by atoms with Crippen molar-refractivity contribution in [3.05, 3.63) is 120 Å². The average molecular weight is 638 g/mol. The Morgan fingerprint density at radius 1 is 0.854 bits per heavy atom. The number of fused-ring (bicyclic) bond motifs is 2. The van der Waals surface area contributed by atoms with E-state index in [2.05, 4.69) is 46.7 Å². The lowest BCUT2D eigenvalue weighted by Gasteiger charge is -2.14. The fourth-order valence-corrected chi connectivity index (χ4v) is 5.69. The summed E-state index contributed by atoms with van der Waals surface area (Å²) in [5.41, 5.74) is 6.15. The molecule has 0 spiro atoms. The number of ether oxygens (including phenoxy) is 1. The number of urea groups is 1. The van der Waals surface area contributed by atoms with Crippen molar-refractivity contribution < 1.29 is 14.3 Å². The van der Waals surface area contributed by atoms with Gasteiger partial charge in [0.15, 0.2) is 0 Å². The monoisotopic (exact) mass is 637 g/mol. The van der Waals surface area contributed by atoms with Gasteiger partial charge in [-0.25, -0.2) is 14.5 Å². The van der Waals surface area contributed by atoms with E-state index in [-0.39, 0.29) is 11.2 Å². The highest BCUT2D eigenvalue weighted by Crippen LogP contribution is 2.35. The number of hydrogen-bond acceptors (Lipinski definition) is 7. The Hall–Kier alpha value is -6.03. The highest BCUT2D eigenvalue weighted by atomic mass is 16.5. The van der Waals surface area contributed by atoms with Crippen molar-refractivity contribution in [2.45, 2.75) is 46.0 Å². The van der Waals surface area contributed by atoms with E-state index >= 15 is 0 Å². The van der Waals surface area contributed by atoms with Crippen molar-refractivity contribution in [3.63, 3.8) is 0 Å². The third-order valence-electron chi connectivity index (χ3n) is 8.21. The molecule has 10 nitrogen and oxygen atoms in total. The number of aryl methyl sites for hydroxylation is 1. The molecule has 2 heterocycles. The van der Waals surface area contributed by atoms with E-state index in [1.165, 1.54) is 0 Å². The molecule has 0 aliphatic heterocycles. The second-order valence-electron chi connectivity index (χ2n) is 13.0. The molecule has 0 saturated carbocycles. The van der Waals surface area contributed by atoms with Gasteiger partial charge in [0.2, 0.25) is 11.8 Å². The minimum absolute atomic E-state index is 0.210. The van der Waals surface area contributed by atoms with Crippen LogP contribution in [-0.2, 0) is 23.1 Å². The number of anilines is 4. The topological polar surface area (TPSA) is 123 Å². The molecule has 3 N–H and O–H groups in total. The second-order valence-corrected chi connectivity index (χ2v) is 13.0. The average Bonchev–Trinajstić information content (AvgIpc) is 3.65. The normalized spacial score (nSPS) is 12.5. The fraction of sp³-hybridized carbons (Fsp3) is 0.184. The van der Waals surface area contributed by atoms with Crippen LogP contribution in [-0.4, -0.2) is 31.6 Å². The summed E-state index contributed by atoms with van der Waals surface area (Å²) in [7, 11) is 0. The Kier molecular flexibility index (Phi) is 7.84. The molecule has 7 rings (SSSR count). The molecule has 2 aromatic heterocycles. The Bertz CT molecular complexity index is 2180. The minimum atomic E-state index is -0.398. The van der Waals surface area contributed by atoms with Crippen LogP contribution in [0.5, 0.6) is 11.6 Å². The van der Waals surface area contributed by atoms with Crippen LogP contribution < -0.4 is 20.7 Å². The van der Waals surface area contributed by atoms with Crippen molar-refractivity contribution in [2.75, 3.05) is 16.0 Å². The summed E-state index contributed by atoms with van der Waals surface area (Å²) in [6, 6.07) is 28.3. The predicted molar refractivity (Wildman–Crippen MR) is 188 cm³/mol. The van der Waals surface area contributed by atoms with Gasteiger partial charge in [0.25, 0.3) is 0 Å². The van der Waals surface area contributed by atoms with Gasteiger partial charge in [-0.3, -0.25) is 10.1 Å². The number of hydrogen-bond donors (Lipinski definition) is 3. The van der Waals surface area contributed by atoms with Gasteiger partial charge >= 0.3 is 6.03 Å². The van der Waals surface area contributed by atoms with Gasteiger partial charge in [-0.05, 0) is 54.4 Å². The summed E-state index contributed by atoms with van der Waals surface area (Å²) in [4.78, 5) is 34.2. The first-order valence-corrected chi connectivity index (χ1v) is 15.8. The van der Waals surface area contributed by atoms with Gasteiger partial charge in [0.05, 0.1) is 17.1 Å². The standard InChI is InChI=1S/C38H35N7O3/c1-23-9-13-27(14-10-23)45-34(22-33(44-45)38(2,3)4)42-37(47)41-31-15-16-32(30-8-6-5-7-29(30)31)48-35-17-18-39-36(43-35)40-26-12-11-24-20-28(46)21-25(24)19-26/h5-19,22H,20-21H2,1-4H3,(H,39,40,43)(H2,41,42,47). The number of aromatic nitrogens is 4. The zero-order chi connectivity index (χ0) is 33.4. The van der Waals surface area contributed by atoms with Crippen molar-refractivity contribution in [1.82, 2.24) is 19.7 Å². The quantitative estimate of drug-likeness (QED) is 0.161. The van der Waals surface area contributed by atoms with Crippen LogP contribution in [0.25, 0.3) is 16.5 Å². The van der Waals surface area contributed by atoms with Crippen molar-refractivity contribution in [1.29, 1.82) is 0 Å². The van der Waals surface area contributed by atoms with E-state index in [0.29, 0.717) is 41.9 Å². The first-order valence-electron chi connectivity index (χ1n) is 15.8. The number of carbonyl (C=O) groups excluding carboxylic acids is 2. The summed E-state index contributed by atoms with van der Waals surface area (Å²) in [6.07, 6.45) is 2.56. The Morgan fingerprint density at radius 3 is 2.42 bits per heavy atom. The molecule has 1 aliphatic rings. The maximum atomic E-state index is 13.4. The number of rotatable bonds is 7. The molecule has 0 radical (unpaired) electrons. The van der Waals surface area contributed by atoms with Crippen molar-refractivity contribution in [3.8, 4) is 17.3 Å². The van der Waals surface area contributed by atoms with Crippen molar-refractivity contribution in [2.24, 2.45) is 0 Å². The van der Waals surface area contributed by atoms with Gasteiger partial charge in [-0.15, -0.1) is 0 Å². The molecule has 240 valence electrons. The Morgan fingerprint density at radius 2 is 1.62 bits per heavy atom. The maximum Gasteiger partial charge on any atom is 0.324 e. The zero-order valence-electron chi connectivity index (χ0n) is 27.2. The number of nitrogens with one attached hydrogen (secondary N) is 3. The Balaban J connectivity index is 1.10. The second kappa shape index (κ2) is 12.3. The summed E-state index contributed by atoms with van der Waals surface area (Å²) in [5.74, 6) is 2.08. The van der Waals surface area contributed by atoms with Gasteiger partial charge < -0.3 is 15.4 Å². The molecule has 0 unspecified atom stereocenters. The number of carbonyl (C=O) groups is 2. The third kappa shape index (κ3) is 6.46. The third-order valence-corrected chi connectivity index (χ3v) is 8.21. The largest absolute Gasteiger partial charge is 0.438 e. The molecule has 10 heteroatoms. The van der Waals surface area contributed by atoms with E-state index in [0.717, 1.165) is 44.5 Å². The molecule has 1 aliphatic carbocycles. The molecule has 4 aromatic carbocycles. The first kappa shape index (κ1) is 30.6. The van der Waals surface area contributed by atoms with E-state index in [9.17, 15) is 9.59 Å². The van der Waals surface area contributed by atoms with E-state index < -0.39 is 6.03 Å². The minimum Gasteiger partial charge on any atom is -0.438 e. The summed E-state index contributed by atoms with van der Waals surface area (Å²) in [5, 5.41) is 15.6. The number of ketones is 1. The summed E-state index contributed by atoms with van der Waals surface area (Å²) < 4.78 is 8.00. The lowest BCUT2D eigenvalue weighted by Crippen LogP contribution is -2.21. The van der Waals surface area contributed by atoms with E-state index in [4.69, 9.17) is 9.84 Å². The van der Waals surface area contributed by atoms with Gasteiger partial charge in [-0.1, -0.05) is 68.8 Å². The Labute approximate surface area is 278 Å². The summed E-state index contributed by atoms with van der Waals surface area (Å²) in [6.45, 7) is 8.30. The van der Waals surface area contributed by atoms with Crippen molar-refractivity contribution >= 4 is 45.7 Å². The molecule has 0 atom stereocenters. The fourth-order valence-electron chi connectivity index (χ4n) is 5.69. The molecule has 0 saturated heterocycles. The van der Waals surface area contributed by atoms with E-state index in [1.807, 2.05) is 79.7 Å². The van der Waals surface area contributed by atoms with Crippen LogP contribution in [0.3, 0.4) is 0 Å². The van der Waals surface area contributed by atoms with Crippen LogP contribution in [0, 0.1) is 6.92 Å². The highest BCUT2D eigenvalue weighted by Gasteiger charge is 2.22. The molecule has 48 heavy (non-hydrogen) atoms. The number of Topliss-reactive ketones (excluding diaryl/α,β-unsaturated/α-hetero) is 1. The lowest BCUT2D eigenvalue weighted by atomic mass is 9.92. The number of amides is 2. The molecule has 6 aromatic rings. The van der Waals surface area contributed by atoms with Gasteiger partial charge in [-0.2, -0.15) is 10.1 Å². The van der Waals surface area contributed by atoms with Crippen LogP contribution in [0.2, 0.25) is 0 Å². The molecular formula is C38H35N7O3. The first-order chi connectivity index (χ1) is 23.1. The number of benzene rings is 4. The zero-order valence-corrected chi connectivity index (χ0v) is 27.2. The number of nitrogens with zero attached hydrogens (tertiary/aromatic N) is 4. The van der Waals surface area contributed by atoms with Crippen LogP contribution in [0.15, 0.2) is 97.2 Å². The van der Waals surface area contributed by atoms with Crippen LogP contribution in [0.4, 0.5) is 27.9 Å². The van der Waals surface area contributed by atoms with Crippen LogP contribution >= 0.6 is 0 Å². The molecule has 0 fully saturated rings. The molecule has 0 bridgehead atoms.